The summed E-state index contributed by atoms with van der Waals surface area (Å²) >= 11 is 0. The molecule has 0 aromatic carbocycles. The van der Waals surface area contributed by atoms with Gasteiger partial charge in [-0.25, -0.2) is 4.98 Å². The predicted octanol–water partition coefficient (Wildman–Crippen LogP) is 2.35. The molecule has 16 heavy (non-hydrogen) atoms. The normalized spacial score (nSPS) is 10.5. The quantitative estimate of drug-likeness (QED) is 0.799. The first-order valence-electron chi connectivity index (χ1n) is 6.14. The van der Waals surface area contributed by atoms with Gasteiger partial charge in [0.1, 0.15) is 5.82 Å². The lowest BCUT2D eigenvalue weighted by atomic mass is 10.2. The summed E-state index contributed by atoms with van der Waals surface area (Å²) in [5.41, 5.74) is 2.52. The summed E-state index contributed by atoms with van der Waals surface area (Å²) in [6.07, 6.45) is 1.98. The van der Waals surface area contributed by atoms with Gasteiger partial charge >= 0.3 is 0 Å². The predicted molar refractivity (Wildman–Crippen MR) is 69.9 cm³/mol. The summed E-state index contributed by atoms with van der Waals surface area (Å²) in [7, 11) is 0. The summed E-state index contributed by atoms with van der Waals surface area (Å²) in [4.78, 5) is 6.84. The van der Waals surface area contributed by atoms with E-state index in [0.29, 0.717) is 0 Å². The molecule has 1 rings (SSSR count). The monoisotopic (exact) mass is 221 g/mol. The number of rotatable bonds is 6. The first-order valence-corrected chi connectivity index (χ1v) is 6.14. The highest BCUT2D eigenvalue weighted by molar-refractivity contribution is 5.47. The van der Waals surface area contributed by atoms with E-state index in [1.54, 1.807) is 0 Å². The van der Waals surface area contributed by atoms with Gasteiger partial charge in [0, 0.05) is 25.8 Å². The van der Waals surface area contributed by atoms with Gasteiger partial charge in [0.25, 0.3) is 0 Å². The number of aromatic nitrogens is 1. The molecule has 0 fully saturated rings. The van der Waals surface area contributed by atoms with E-state index < -0.39 is 0 Å². The van der Waals surface area contributed by atoms with Crippen molar-refractivity contribution in [3.05, 3.63) is 23.4 Å². The van der Waals surface area contributed by atoms with E-state index in [4.69, 9.17) is 0 Å². The van der Waals surface area contributed by atoms with E-state index in [1.165, 1.54) is 11.1 Å². The fourth-order valence-electron chi connectivity index (χ4n) is 1.85. The van der Waals surface area contributed by atoms with Crippen molar-refractivity contribution in [2.75, 3.05) is 24.5 Å². The first kappa shape index (κ1) is 13.0. The maximum atomic E-state index is 4.56. The van der Waals surface area contributed by atoms with Gasteiger partial charge in [-0.1, -0.05) is 6.92 Å². The Balaban J connectivity index is 2.82. The summed E-state index contributed by atoms with van der Waals surface area (Å²) < 4.78 is 0. The van der Waals surface area contributed by atoms with Crippen molar-refractivity contribution in [3.8, 4) is 0 Å². The molecule has 1 heterocycles. The highest BCUT2D eigenvalue weighted by Crippen LogP contribution is 2.17. The van der Waals surface area contributed by atoms with Crippen molar-refractivity contribution in [2.24, 2.45) is 0 Å². The largest absolute Gasteiger partial charge is 0.357 e. The number of hydrogen-bond acceptors (Lipinski definition) is 3. The molecule has 0 amide bonds. The van der Waals surface area contributed by atoms with Crippen LogP contribution >= 0.6 is 0 Å². The van der Waals surface area contributed by atoms with Gasteiger partial charge in [0.2, 0.25) is 0 Å². The smallest absolute Gasteiger partial charge is 0.131 e. The minimum absolute atomic E-state index is 0.906. The number of hydrogen-bond donors (Lipinski definition) is 1. The minimum atomic E-state index is 0.906. The van der Waals surface area contributed by atoms with E-state index in [0.717, 1.165) is 32.0 Å². The molecule has 1 aromatic heterocycles. The molecule has 0 aliphatic heterocycles. The minimum Gasteiger partial charge on any atom is -0.357 e. The lowest BCUT2D eigenvalue weighted by Crippen LogP contribution is -2.24. The lowest BCUT2D eigenvalue weighted by Gasteiger charge is -2.22. The second kappa shape index (κ2) is 6.48. The summed E-state index contributed by atoms with van der Waals surface area (Å²) in [5.74, 6) is 1.12. The molecule has 0 spiro atoms. The number of nitrogens with one attached hydrogen (secondary N) is 1. The number of nitrogens with zero attached hydrogens (tertiary/aromatic N) is 2. The molecular formula is C13H23N3. The zero-order valence-electron chi connectivity index (χ0n) is 10.9. The average molecular weight is 221 g/mol. The highest BCUT2D eigenvalue weighted by atomic mass is 15.2. The highest BCUT2D eigenvalue weighted by Gasteiger charge is 2.07. The topological polar surface area (TPSA) is 28.2 Å². The Kier molecular flexibility index (Phi) is 5.26. The third-order valence-corrected chi connectivity index (χ3v) is 2.75. The average Bonchev–Trinajstić information content (AvgIpc) is 2.30. The summed E-state index contributed by atoms with van der Waals surface area (Å²) in [6.45, 7) is 12.5. The fourth-order valence-corrected chi connectivity index (χ4v) is 1.85. The lowest BCUT2D eigenvalue weighted by molar-refractivity contribution is 0.722. The van der Waals surface area contributed by atoms with Crippen LogP contribution in [0.2, 0.25) is 0 Å². The number of pyridine rings is 1. The molecule has 0 saturated heterocycles. The van der Waals surface area contributed by atoms with Gasteiger partial charge in [-0.2, -0.15) is 0 Å². The molecule has 0 unspecified atom stereocenters. The molecule has 0 radical (unpaired) electrons. The van der Waals surface area contributed by atoms with Crippen molar-refractivity contribution >= 4 is 5.82 Å². The van der Waals surface area contributed by atoms with Crippen LogP contribution in [0, 0.1) is 6.92 Å². The Morgan fingerprint density at radius 2 is 1.94 bits per heavy atom. The van der Waals surface area contributed by atoms with Gasteiger partial charge in [0.05, 0.1) is 0 Å². The van der Waals surface area contributed by atoms with E-state index in [-0.39, 0.29) is 0 Å². The van der Waals surface area contributed by atoms with E-state index in [1.807, 2.05) is 6.20 Å². The van der Waals surface area contributed by atoms with E-state index in [9.17, 15) is 0 Å². The molecule has 0 saturated carbocycles. The van der Waals surface area contributed by atoms with E-state index >= 15 is 0 Å². The molecular weight excluding hydrogens is 198 g/mol. The van der Waals surface area contributed by atoms with Crippen molar-refractivity contribution in [2.45, 2.75) is 34.2 Å². The number of aryl methyl sites for hydroxylation is 1. The third-order valence-electron chi connectivity index (χ3n) is 2.75. The molecule has 3 heteroatoms. The molecule has 1 N–H and O–H groups in total. The Labute approximate surface area is 98.9 Å². The third kappa shape index (κ3) is 3.20. The second-order valence-electron chi connectivity index (χ2n) is 3.94. The first-order chi connectivity index (χ1) is 7.72. The van der Waals surface area contributed by atoms with Crippen LogP contribution in [0.1, 0.15) is 31.9 Å². The summed E-state index contributed by atoms with van der Waals surface area (Å²) in [6, 6.07) is 2.23. The van der Waals surface area contributed by atoms with Gasteiger partial charge in [-0.15, -0.1) is 0 Å². The van der Waals surface area contributed by atoms with Crippen LogP contribution in [0.25, 0.3) is 0 Å². The fraction of sp³-hybridized carbons (Fsp3) is 0.615. The van der Waals surface area contributed by atoms with Gasteiger partial charge in [0.15, 0.2) is 0 Å². The Hall–Kier alpha value is -1.09. The van der Waals surface area contributed by atoms with E-state index in [2.05, 4.69) is 49.0 Å². The molecule has 90 valence electrons. The molecule has 0 aliphatic rings. The molecule has 3 nitrogen and oxygen atoms in total. The molecule has 1 aromatic rings. The van der Waals surface area contributed by atoms with Crippen LogP contribution in [0.5, 0.6) is 0 Å². The maximum absolute atomic E-state index is 4.56. The molecule has 0 bridgehead atoms. The standard InChI is InChI=1S/C13H23N3/c1-5-14-9-12-8-11(4)13(15-10-12)16(6-2)7-3/h8,10,14H,5-7,9H2,1-4H3. The van der Waals surface area contributed by atoms with Crippen LogP contribution in [0.15, 0.2) is 12.3 Å². The van der Waals surface area contributed by atoms with Crippen LogP contribution in [-0.4, -0.2) is 24.6 Å². The molecule has 0 atom stereocenters. The zero-order valence-corrected chi connectivity index (χ0v) is 10.9. The van der Waals surface area contributed by atoms with Crippen LogP contribution < -0.4 is 10.2 Å². The Morgan fingerprint density at radius 1 is 1.25 bits per heavy atom. The van der Waals surface area contributed by atoms with Crippen molar-refractivity contribution in [1.29, 1.82) is 0 Å². The van der Waals surface area contributed by atoms with Crippen LogP contribution in [-0.2, 0) is 6.54 Å². The SMILES string of the molecule is CCNCc1cnc(N(CC)CC)c(C)c1. The Bertz CT molecular complexity index is 319. The van der Waals surface area contributed by atoms with Crippen molar-refractivity contribution < 1.29 is 0 Å². The van der Waals surface area contributed by atoms with Gasteiger partial charge in [-0.05, 0) is 44.5 Å². The van der Waals surface area contributed by atoms with Crippen LogP contribution in [0.3, 0.4) is 0 Å². The van der Waals surface area contributed by atoms with Crippen LogP contribution in [0.4, 0.5) is 5.82 Å². The second-order valence-corrected chi connectivity index (χ2v) is 3.94. The molecule has 0 aliphatic carbocycles. The maximum Gasteiger partial charge on any atom is 0.131 e. The van der Waals surface area contributed by atoms with Crippen molar-refractivity contribution in [1.82, 2.24) is 10.3 Å². The van der Waals surface area contributed by atoms with Gasteiger partial charge in [-0.3, -0.25) is 0 Å². The van der Waals surface area contributed by atoms with Gasteiger partial charge < -0.3 is 10.2 Å². The van der Waals surface area contributed by atoms with Crippen molar-refractivity contribution in [3.63, 3.8) is 0 Å². The Morgan fingerprint density at radius 3 is 2.44 bits per heavy atom. The summed E-state index contributed by atoms with van der Waals surface area (Å²) in [5, 5.41) is 3.31. The zero-order chi connectivity index (χ0) is 12.0. The number of anilines is 1.